The van der Waals surface area contributed by atoms with Crippen LogP contribution in [0.3, 0.4) is 0 Å². The summed E-state index contributed by atoms with van der Waals surface area (Å²) in [7, 11) is 0. The maximum atomic E-state index is 2.33. The molecule has 0 radical (unpaired) electrons. The highest BCUT2D eigenvalue weighted by molar-refractivity contribution is 5.16. The highest BCUT2D eigenvalue weighted by Crippen LogP contribution is 2.34. The molecule has 0 aliphatic heterocycles. The highest BCUT2D eigenvalue weighted by atomic mass is 14.2. The smallest absolute Gasteiger partial charge is 0.0289 e. The second kappa shape index (κ2) is 4.69. The monoisotopic (exact) mass is 166 g/mol. The normalized spacial score (nSPS) is 27.8. The number of hydrogen-bond acceptors (Lipinski definition) is 0. The van der Waals surface area contributed by atoms with Gasteiger partial charge in [0.1, 0.15) is 0 Å². The van der Waals surface area contributed by atoms with Crippen LogP contribution in [0.5, 0.6) is 0 Å². The fraction of sp³-hybridized carbons (Fsp3) is 0.833. The van der Waals surface area contributed by atoms with Crippen molar-refractivity contribution in [3.63, 3.8) is 0 Å². The van der Waals surface area contributed by atoms with E-state index < -0.39 is 0 Å². The molecule has 12 heavy (non-hydrogen) atoms. The summed E-state index contributed by atoms with van der Waals surface area (Å²) < 4.78 is 0. The molecule has 1 unspecified atom stereocenters. The van der Waals surface area contributed by atoms with Crippen LogP contribution >= 0.6 is 0 Å². The molecule has 1 aliphatic rings. The Balaban J connectivity index is 2.48. The van der Waals surface area contributed by atoms with E-state index in [0.29, 0.717) is 0 Å². The first-order valence-electron chi connectivity index (χ1n) is 5.45. The first-order valence-corrected chi connectivity index (χ1v) is 5.45. The molecule has 1 atom stereocenters. The van der Waals surface area contributed by atoms with Crippen molar-refractivity contribution in [1.82, 2.24) is 0 Å². The van der Waals surface area contributed by atoms with Crippen LogP contribution in [0.4, 0.5) is 0 Å². The van der Waals surface area contributed by atoms with Crippen LogP contribution in [-0.2, 0) is 0 Å². The van der Waals surface area contributed by atoms with Gasteiger partial charge < -0.3 is 0 Å². The van der Waals surface area contributed by atoms with E-state index in [1.54, 1.807) is 11.1 Å². The van der Waals surface area contributed by atoms with Gasteiger partial charge in [-0.3, -0.25) is 0 Å². The van der Waals surface area contributed by atoms with Gasteiger partial charge in [-0.15, -0.1) is 0 Å². The predicted molar refractivity (Wildman–Crippen MR) is 55.2 cm³/mol. The summed E-state index contributed by atoms with van der Waals surface area (Å²) in [6, 6.07) is 0. The lowest BCUT2D eigenvalue weighted by Crippen LogP contribution is -1.89. The van der Waals surface area contributed by atoms with E-state index >= 15 is 0 Å². The van der Waals surface area contributed by atoms with E-state index in [0.717, 1.165) is 5.92 Å². The summed E-state index contributed by atoms with van der Waals surface area (Å²) in [6.07, 6.45) is 8.26. The average molecular weight is 166 g/mol. The van der Waals surface area contributed by atoms with E-state index in [-0.39, 0.29) is 0 Å². The zero-order valence-electron chi connectivity index (χ0n) is 8.82. The highest BCUT2D eigenvalue weighted by Gasteiger charge is 2.18. The Labute approximate surface area is 77.1 Å². The summed E-state index contributed by atoms with van der Waals surface area (Å²) in [5, 5.41) is 0. The second-order valence-electron chi connectivity index (χ2n) is 4.15. The number of allylic oxidation sites excluding steroid dienone is 2. The first kappa shape index (κ1) is 9.83. The quantitative estimate of drug-likeness (QED) is 0.548. The Hall–Kier alpha value is -0.260. The van der Waals surface area contributed by atoms with Gasteiger partial charge in [0.15, 0.2) is 0 Å². The van der Waals surface area contributed by atoms with E-state index in [9.17, 15) is 0 Å². The van der Waals surface area contributed by atoms with E-state index in [4.69, 9.17) is 0 Å². The summed E-state index contributed by atoms with van der Waals surface area (Å²) in [5.41, 5.74) is 3.47. The van der Waals surface area contributed by atoms with Gasteiger partial charge in [-0.05, 0) is 38.5 Å². The third kappa shape index (κ3) is 2.36. The molecule has 0 amide bonds. The van der Waals surface area contributed by atoms with Gasteiger partial charge in [-0.25, -0.2) is 0 Å². The molecule has 1 saturated carbocycles. The van der Waals surface area contributed by atoms with Crippen molar-refractivity contribution in [2.75, 3.05) is 0 Å². The molecule has 0 N–H and O–H groups in total. The summed E-state index contributed by atoms with van der Waals surface area (Å²) in [4.78, 5) is 0. The van der Waals surface area contributed by atoms with E-state index in [1.165, 1.54) is 38.5 Å². The lowest BCUT2D eigenvalue weighted by Gasteiger charge is -2.05. The molecule has 0 aromatic rings. The molecule has 0 nitrogen and oxygen atoms in total. The van der Waals surface area contributed by atoms with Crippen molar-refractivity contribution in [3.05, 3.63) is 11.1 Å². The Morgan fingerprint density at radius 3 is 2.67 bits per heavy atom. The Morgan fingerprint density at radius 2 is 2.17 bits per heavy atom. The van der Waals surface area contributed by atoms with Crippen LogP contribution in [0.1, 0.15) is 59.3 Å². The molecule has 0 aromatic carbocycles. The van der Waals surface area contributed by atoms with Crippen molar-refractivity contribution in [1.29, 1.82) is 0 Å². The molecular weight excluding hydrogens is 144 g/mol. The molecule has 0 spiro atoms. The number of rotatable bonds is 3. The van der Waals surface area contributed by atoms with Crippen molar-refractivity contribution >= 4 is 0 Å². The van der Waals surface area contributed by atoms with Gasteiger partial charge in [-0.2, -0.15) is 0 Å². The molecular formula is C12H22. The Bertz CT molecular complexity index is 165. The second-order valence-corrected chi connectivity index (χ2v) is 4.15. The molecule has 0 heterocycles. The minimum atomic E-state index is 1.01. The van der Waals surface area contributed by atoms with Crippen molar-refractivity contribution in [2.24, 2.45) is 5.92 Å². The fourth-order valence-corrected chi connectivity index (χ4v) is 2.22. The van der Waals surface area contributed by atoms with Gasteiger partial charge in [0.2, 0.25) is 0 Å². The Kier molecular flexibility index (Phi) is 3.84. The molecule has 0 bridgehead atoms. The van der Waals surface area contributed by atoms with Gasteiger partial charge >= 0.3 is 0 Å². The topological polar surface area (TPSA) is 0 Å². The van der Waals surface area contributed by atoms with Crippen molar-refractivity contribution < 1.29 is 0 Å². The SMILES string of the molecule is CCCC(C)=C1CCC(CC)C1. The average Bonchev–Trinajstić information content (AvgIpc) is 2.52. The zero-order chi connectivity index (χ0) is 8.97. The van der Waals surface area contributed by atoms with E-state index in [1.807, 2.05) is 0 Å². The Morgan fingerprint density at radius 1 is 1.42 bits per heavy atom. The van der Waals surface area contributed by atoms with Crippen molar-refractivity contribution in [2.45, 2.75) is 59.3 Å². The minimum Gasteiger partial charge on any atom is -0.0741 e. The first-order chi connectivity index (χ1) is 5.77. The molecule has 1 aliphatic carbocycles. The third-order valence-electron chi connectivity index (χ3n) is 3.20. The van der Waals surface area contributed by atoms with Crippen LogP contribution in [0, 0.1) is 5.92 Å². The van der Waals surface area contributed by atoms with E-state index in [2.05, 4.69) is 20.8 Å². The van der Waals surface area contributed by atoms with Gasteiger partial charge in [-0.1, -0.05) is 37.8 Å². The predicted octanol–water partition coefficient (Wildman–Crippen LogP) is 4.31. The zero-order valence-corrected chi connectivity index (χ0v) is 8.82. The minimum absolute atomic E-state index is 1.01. The maximum Gasteiger partial charge on any atom is -0.0289 e. The van der Waals surface area contributed by atoms with Crippen molar-refractivity contribution in [3.8, 4) is 0 Å². The van der Waals surface area contributed by atoms with Crippen LogP contribution in [-0.4, -0.2) is 0 Å². The van der Waals surface area contributed by atoms with Gasteiger partial charge in [0.25, 0.3) is 0 Å². The standard InChI is InChI=1S/C12H22/c1-4-6-10(3)12-8-7-11(5-2)9-12/h11H,4-9H2,1-3H3. The molecule has 0 aromatic heterocycles. The summed E-state index contributed by atoms with van der Waals surface area (Å²) in [6.45, 7) is 6.93. The van der Waals surface area contributed by atoms with Crippen LogP contribution in [0.15, 0.2) is 11.1 Å². The molecule has 0 saturated heterocycles. The molecule has 70 valence electrons. The molecule has 1 fully saturated rings. The lowest BCUT2D eigenvalue weighted by molar-refractivity contribution is 0.537. The summed E-state index contributed by atoms with van der Waals surface area (Å²) >= 11 is 0. The summed E-state index contributed by atoms with van der Waals surface area (Å²) in [5.74, 6) is 1.01. The fourth-order valence-electron chi connectivity index (χ4n) is 2.22. The molecule has 0 heteroatoms. The molecule has 1 rings (SSSR count). The van der Waals surface area contributed by atoms with Gasteiger partial charge in [0.05, 0.1) is 0 Å². The van der Waals surface area contributed by atoms with Gasteiger partial charge in [0, 0.05) is 0 Å². The third-order valence-corrected chi connectivity index (χ3v) is 3.20. The van der Waals surface area contributed by atoms with Crippen LogP contribution in [0.25, 0.3) is 0 Å². The maximum absolute atomic E-state index is 2.33. The van der Waals surface area contributed by atoms with Crippen LogP contribution < -0.4 is 0 Å². The largest absolute Gasteiger partial charge is 0.0741 e. The number of hydrogen-bond donors (Lipinski definition) is 0. The lowest BCUT2D eigenvalue weighted by atomic mass is 10.0. The van der Waals surface area contributed by atoms with Crippen LogP contribution in [0.2, 0.25) is 0 Å².